The van der Waals surface area contributed by atoms with E-state index in [1.807, 2.05) is 12.1 Å². The summed E-state index contributed by atoms with van der Waals surface area (Å²) < 4.78 is 1.07. The van der Waals surface area contributed by atoms with Gasteiger partial charge in [-0.25, -0.2) is 0 Å². The maximum Gasteiger partial charge on any atom is 0.0778 e. The summed E-state index contributed by atoms with van der Waals surface area (Å²) in [5.74, 6) is 6.36. The Bertz CT molecular complexity index is 494. The fourth-order valence-corrected chi connectivity index (χ4v) is 3.01. The van der Waals surface area contributed by atoms with Crippen LogP contribution in [0.2, 0.25) is 0 Å². The molecule has 0 amide bonds. The summed E-state index contributed by atoms with van der Waals surface area (Å²) in [5.41, 5.74) is 3.62. The molecule has 1 aromatic heterocycles. The zero-order valence-corrected chi connectivity index (χ0v) is 12.0. The predicted molar refractivity (Wildman–Crippen MR) is 77.0 cm³/mol. The molecule has 18 heavy (non-hydrogen) atoms. The first kappa shape index (κ1) is 13.5. The van der Waals surface area contributed by atoms with Crippen LogP contribution in [0.25, 0.3) is 0 Å². The molecule has 1 atom stereocenters. The van der Waals surface area contributed by atoms with Gasteiger partial charge in [0.2, 0.25) is 0 Å². The third-order valence-electron chi connectivity index (χ3n) is 2.35. The van der Waals surface area contributed by atoms with Gasteiger partial charge in [-0.2, -0.15) is 0 Å². The van der Waals surface area contributed by atoms with Crippen molar-refractivity contribution >= 4 is 27.7 Å². The quantitative estimate of drug-likeness (QED) is 0.502. The Morgan fingerprint density at radius 2 is 2.28 bits per heavy atom. The average Bonchev–Trinajstić information content (AvgIpc) is 2.41. The molecule has 1 heterocycles. The number of hydrazine groups is 1. The predicted octanol–water partition coefficient (Wildman–Crippen LogP) is 2.54. The highest BCUT2D eigenvalue weighted by Crippen LogP contribution is 2.25. The number of nitrogens with one attached hydrogen (secondary N) is 1. The highest BCUT2D eigenvalue weighted by atomic mass is 79.9. The molecule has 2 rings (SSSR count). The van der Waals surface area contributed by atoms with E-state index >= 15 is 0 Å². The number of rotatable bonds is 5. The van der Waals surface area contributed by atoms with Crippen LogP contribution < -0.4 is 11.3 Å². The zero-order valence-electron chi connectivity index (χ0n) is 9.58. The lowest BCUT2D eigenvalue weighted by molar-refractivity contribution is 0.592. The molecule has 0 spiro atoms. The standard InChI is InChI=1S/C12H13BrN4S/c13-9-2-1-3-10(6-9)18-8-12(17-14)11-7-15-4-5-16-11/h1-7,12,17H,8,14H2. The smallest absolute Gasteiger partial charge is 0.0778 e. The summed E-state index contributed by atoms with van der Waals surface area (Å²) in [6, 6.07) is 8.15. The Morgan fingerprint density at radius 3 is 2.94 bits per heavy atom. The molecule has 0 aliphatic heterocycles. The van der Waals surface area contributed by atoms with Gasteiger partial charge >= 0.3 is 0 Å². The summed E-state index contributed by atoms with van der Waals surface area (Å²) in [5, 5.41) is 0. The highest BCUT2D eigenvalue weighted by Gasteiger charge is 2.11. The Kier molecular flexibility index (Phi) is 5.12. The number of benzene rings is 1. The number of nitrogens with two attached hydrogens (primary N) is 1. The fourth-order valence-electron chi connectivity index (χ4n) is 1.45. The van der Waals surface area contributed by atoms with Gasteiger partial charge in [-0.15, -0.1) is 11.8 Å². The lowest BCUT2D eigenvalue weighted by Gasteiger charge is -2.14. The van der Waals surface area contributed by atoms with E-state index in [1.54, 1.807) is 30.4 Å². The molecule has 3 N–H and O–H groups in total. The fraction of sp³-hybridized carbons (Fsp3) is 0.167. The first-order valence-electron chi connectivity index (χ1n) is 5.40. The molecule has 1 unspecified atom stereocenters. The number of aromatic nitrogens is 2. The van der Waals surface area contributed by atoms with E-state index in [-0.39, 0.29) is 6.04 Å². The zero-order chi connectivity index (χ0) is 12.8. The largest absolute Gasteiger partial charge is 0.271 e. The molecule has 1 aromatic carbocycles. The second-order valence-electron chi connectivity index (χ2n) is 3.62. The van der Waals surface area contributed by atoms with E-state index in [1.165, 1.54) is 4.90 Å². The second kappa shape index (κ2) is 6.84. The third kappa shape index (κ3) is 3.78. The maximum atomic E-state index is 5.56. The molecular formula is C12H13BrN4S. The maximum absolute atomic E-state index is 5.56. The number of thioether (sulfide) groups is 1. The number of hydrogen-bond acceptors (Lipinski definition) is 5. The monoisotopic (exact) mass is 324 g/mol. The van der Waals surface area contributed by atoms with Crippen molar-refractivity contribution in [3.8, 4) is 0 Å². The molecule has 2 aromatic rings. The van der Waals surface area contributed by atoms with Gasteiger partial charge in [-0.05, 0) is 18.2 Å². The Morgan fingerprint density at radius 1 is 1.39 bits per heavy atom. The Labute approximate surface area is 119 Å². The van der Waals surface area contributed by atoms with Crippen molar-refractivity contribution in [3.05, 3.63) is 53.0 Å². The normalized spacial score (nSPS) is 12.3. The first-order valence-corrected chi connectivity index (χ1v) is 7.18. The van der Waals surface area contributed by atoms with Gasteiger partial charge in [0, 0.05) is 27.5 Å². The molecule has 0 saturated carbocycles. The van der Waals surface area contributed by atoms with Crippen LogP contribution in [0.3, 0.4) is 0 Å². The number of nitrogens with zero attached hydrogens (tertiary/aromatic N) is 2. The van der Waals surface area contributed by atoms with E-state index in [0.717, 1.165) is 15.9 Å². The van der Waals surface area contributed by atoms with Crippen molar-refractivity contribution in [2.75, 3.05) is 5.75 Å². The van der Waals surface area contributed by atoms with Gasteiger partial charge in [0.05, 0.1) is 17.9 Å². The summed E-state index contributed by atoms with van der Waals surface area (Å²) >= 11 is 5.18. The SMILES string of the molecule is NNC(CSc1cccc(Br)c1)c1cnccn1. The Hall–Kier alpha value is -0.950. The molecule has 4 nitrogen and oxygen atoms in total. The van der Waals surface area contributed by atoms with Crippen LogP contribution in [-0.2, 0) is 0 Å². The van der Waals surface area contributed by atoms with Crippen LogP contribution in [0.4, 0.5) is 0 Å². The molecular weight excluding hydrogens is 312 g/mol. The van der Waals surface area contributed by atoms with Gasteiger partial charge in [-0.1, -0.05) is 22.0 Å². The molecule has 0 aliphatic rings. The molecule has 94 valence electrons. The third-order valence-corrected chi connectivity index (χ3v) is 3.93. The molecule has 6 heteroatoms. The van der Waals surface area contributed by atoms with Crippen LogP contribution in [0.15, 0.2) is 52.2 Å². The topological polar surface area (TPSA) is 63.8 Å². The molecule has 0 bridgehead atoms. The minimum atomic E-state index is -0.0114. The molecule has 0 aliphatic carbocycles. The Balaban J connectivity index is 2.00. The van der Waals surface area contributed by atoms with Crippen molar-refractivity contribution in [1.29, 1.82) is 0 Å². The lowest BCUT2D eigenvalue weighted by atomic mass is 10.2. The van der Waals surface area contributed by atoms with Crippen LogP contribution in [0.5, 0.6) is 0 Å². The van der Waals surface area contributed by atoms with E-state index in [2.05, 4.69) is 43.5 Å². The second-order valence-corrected chi connectivity index (χ2v) is 5.63. The van der Waals surface area contributed by atoms with Gasteiger partial charge < -0.3 is 0 Å². The lowest BCUT2D eigenvalue weighted by Crippen LogP contribution is -2.30. The first-order chi connectivity index (χ1) is 8.79. The van der Waals surface area contributed by atoms with Gasteiger partial charge in [0.15, 0.2) is 0 Å². The van der Waals surface area contributed by atoms with E-state index < -0.39 is 0 Å². The summed E-state index contributed by atoms with van der Waals surface area (Å²) in [4.78, 5) is 9.49. The van der Waals surface area contributed by atoms with Crippen LogP contribution >= 0.6 is 27.7 Å². The minimum Gasteiger partial charge on any atom is -0.271 e. The molecule has 0 saturated heterocycles. The highest BCUT2D eigenvalue weighted by molar-refractivity contribution is 9.10. The van der Waals surface area contributed by atoms with E-state index in [4.69, 9.17) is 5.84 Å². The summed E-state index contributed by atoms with van der Waals surface area (Å²) in [7, 11) is 0. The van der Waals surface area contributed by atoms with Crippen molar-refractivity contribution in [3.63, 3.8) is 0 Å². The van der Waals surface area contributed by atoms with Gasteiger partial charge in [0.1, 0.15) is 0 Å². The summed E-state index contributed by atoms with van der Waals surface area (Å²) in [6.07, 6.45) is 5.05. The van der Waals surface area contributed by atoms with Gasteiger partial charge in [0.25, 0.3) is 0 Å². The van der Waals surface area contributed by atoms with Crippen LogP contribution in [0.1, 0.15) is 11.7 Å². The van der Waals surface area contributed by atoms with Crippen molar-refractivity contribution in [2.45, 2.75) is 10.9 Å². The van der Waals surface area contributed by atoms with Crippen molar-refractivity contribution in [1.82, 2.24) is 15.4 Å². The van der Waals surface area contributed by atoms with Crippen molar-refractivity contribution < 1.29 is 0 Å². The van der Waals surface area contributed by atoms with Crippen LogP contribution in [0, 0.1) is 0 Å². The van der Waals surface area contributed by atoms with Crippen molar-refractivity contribution in [2.24, 2.45) is 5.84 Å². The number of halogens is 1. The molecule has 0 radical (unpaired) electrons. The van der Waals surface area contributed by atoms with E-state index in [9.17, 15) is 0 Å². The minimum absolute atomic E-state index is 0.0114. The van der Waals surface area contributed by atoms with E-state index in [0.29, 0.717) is 0 Å². The summed E-state index contributed by atoms with van der Waals surface area (Å²) in [6.45, 7) is 0. The number of hydrogen-bond donors (Lipinski definition) is 2. The average molecular weight is 325 g/mol. The van der Waals surface area contributed by atoms with Crippen LogP contribution in [-0.4, -0.2) is 15.7 Å². The van der Waals surface area contributed by atoms with Gasteiger partial charge in [-0.3, -0.25) is 21.2 Å². The molecule has 0 fully saturated rings.